The average Bonchev–Trinajstić information content (AvgIpc) is 2.90. The van der Waals surface area contributed by atoms with Gasteiger partial charge in [0.05, 0.1) is 19.1 Å². The van der Waals surface area contributed by atoms with E-state index in [9.17, 15) is 14.7 Å². The highest BCUT2D eigenvalue weighted by Gasteiger charge is 2.36. The molecule has 2 N–H and O–H groups in total. The van der Waals surface area contributed by atoms with Crippen molar-refractivity contribution in [3.8, 4) is 0 Å². The van der Waals surface area contributed by atoms with Gasteiger partial charge in [-0.25, -0.2) is 0 Å². The summed E-state index contributed by atoms with van der Waals surface area (Å²) in [6, 6.07) is 7.41. The van der Waals surface area contributed by atoms with Crippen molar-refractivity contribution < 1.29 is 19.4 Å². The van der Waals surface area contributed by atoms with Crippen molar-refractivity contribution >= 4 is 17.6 Å². The van der Waals surface area contributed by atoms with Crippen LogP contribution in [-0.4, -0.2) is 48.2 Å². The van der Waals surface area contributed by atoms with Crippen LogP contribution in [0.2, 0.25) is 0 Å². The Labute approximate surface area is 123 Å². The molecular weight excluding hydrogens is 272 g/mol. The van der Waals surface area contributed by atoms with Crippen LogP contribution in [0.3, 0.4) is 0 Å². The lowest BCUT2D eigenvalue weighted by Gasteiger charge is -2.26. The summed E-state index contributed by atoms with van der Waals surface area (Å²) in [4.78, 5) is 24.1. The molecule has 0 radical (unpaired) electrons. The van der Waals surface area contributed by atoms with Gasteiger partial charge in [-0.3, -0.25) is 14.5 Å². The minimum Gasteiger partial charge on any atom is -0.481 e. The second-order valence-electron chi connectivity index (χ2n) is 5.34. The fourth-order valence-electron chi connectivity index (χ4n) is 2.52. The summed E-state index contributed by atoms with van der Waals surface area (Å²) in [6.45, 7) is 2.81. The van der Waals surface area contributed by atoms with E-state index >= 15 is 0 Å². The van der Waals surface area contributed by atoms with E-state index in [0.717, 1.165) is 11.3 Å². The Morgan fingerprint density at radius 2 is 2.00 bits per heavy atom. The van der Waals surface area contributed by atoms with Crippen LogP contribution in [-0.2, 0) is 20.9 Å². The maximum absolute atomic E-state index is 11.2. The Morgan fingerprint density at radius 3 is 2.57 bits per heavy atom. The van der Waals surface area contributed by atoms with Gasteiger partial charge in [-0.2, -0.15) is 0 Å². The molecule has 1 heterocycles. The van der Waals surface area contributed by atoms with Crippen molar-refractivity contribution in [2.24, 2.45) is 5.92 Å². The number of ether oxygens (including phenoxy) is 1. The summed E-state index contributed by atoms with van der Waals surface area (Å²) in [7, 11) is 1.90. The van der Waals surface area contributed by atoms with Crippen LogP contribution in [0.5, 0.6) is 0 Å². The van der Waals surface area contributed by atoms with Crippen molar-refractivity contribution in [3.63, 3.8) is 0 Å². The third-order valence-corrected chi connectivity index (χ3v) is 3.64. The highest BCUT2D eigenvalue weighted by atomic mass is 16.5. The monoisotopic (exact) mass is 292 g/mol. The molecule has 1 aliphatic rings. The van der Waals surface area contributed by atoms with Gasteiger partial charge in [-0.05, 0) is 24.7 Å². The predicted molar refractivity (Wildman–Crippen MR) is 77.9 cm³/mol. The van der Waals surface area contributed by atoms with Gasteiger partial charge in [0.1, 0.15) is 0 Å². The molecule has 2 atom stereocenters. The number of amides is 1. The lowest BCUT2D eigenvalue weighted by atomic mass is 10.0. The molecule has 1 aromatic rings. The number of likely N-dealkylation sites (N-methyl/N-ethyl adjacent to an activating group) is 1. The fraction of sp³-hybridized carbons (Fsp3) is 0.467. The Morgan fingerprint density at radius 1 is 1.33 bits per heavy atom. The van der Waals surface area contributed by atoms with Gasteiger partial charge in [0.25, 0.3) is 0 Å². The summed E-state index contributed by atoms with van der Waals surface area (Å²) in [5, 5.41) is 11.9. The molecule has 1 amide bonds. The van der Waals surface area contributed by atoms with Crippen molar-refractivity contribution in [3.05, 3.63) is 29.8 Å². The minimum atomic E-state index is -0.814. The number of anilines is 1. The van der Waals surface area contributed by atoms with Crippen LogP contribution in [0.1, 0.15) is 12.5 Å². The van der Waals surface area contributed by atoms with E-state index in [0.29, 0.717) is 13.2 Å². The van der Waals surface area contributed by atoms with E-state index in [1.165, 1.54) is 6.92 Å². The molecule has 0 spiro atoms. The normalized spacial score (nSPS) is 21.5. The molecular formula is C15H20N2O4. The van der Waals surface area contributed by atoms with Crippen molar-refractivity contribution in [2.75, 3.05) is 25.6 Å². The lowest BCUT2D eigenvalue weighted by Crippen LogP contribution is -2.40. The molecule has 1 fully saturated rings. The Bertz CT molecular complexity index is 515. The molecule has 0 bridgehead atoms. The molecule has 6 nitrogen and oxygen atoms in total. The van der Waals surface area contributed by atoms with Crippen LogP contribution in [0, 0.1) is 5.92 Å². The molecule has 2 unspecified atom stereocenters. The topological polar surface area (TPSA) is 78.9 Å². The summed E-state index contributed by atoms with van der Waals surface area (Å²) < 4.78 is 5.28. The zero-order chi connectivity index (χ0) is 15.4. The molecule has 21 heavy (non-hydrogen) atoms. The first-order valence-electron chi connectivity index (χ1n) is 6.84. The number of carboxylic acids is 1. The first kappa shape index (κ1) is 15.5. The summed E-state index contributed by atoms with van der Waals surface area (Å²) >= 11 is 0. The number of hydrogen-bond donors (Lipinski definition) is 2. The largest absolute Gasteiger partial charge is 0.481 e. The second-order valence-corrected chi connectivity index (χ2v) is 5.34. The van der Waals surface area contributed by atoms with E-state index in [4.69, 9.17) is 4.74 Å². The van der Waals surface area contributed by atoms with Crippen LogP contribution >= 0.6 is 0 Å². The van der Waals surface area contributed by atoms with Gasteiger partial charge in [0, 0.05) is 25.2 Å². The number of carbonyl (C=O) groups excluding carboxylic acids is 1. The van der Waals surface area contributed by atoms with Crippen molar-refractivity contribution in [1.82, 2.24) is 4.90 Å². The van der Waals surface area contributed by atoms with E-state index in [2.05, 4.69) is 5.32 Å². The Balaban J connectivity index is 1.97. The molecule has 0 aromatic heterocycles. The Kier molecular flexibility index (Phi) is 4.93. The van der Waals surface area contributed by atoms with Gasteiger partial charge < -0.3 is 15.2 Å². The summed E-state index contributed by atoms with van der Waals surface area (Å²) in [5.41, 5.74) is 1.81. The van der Waals surface area contributed by atoms with Crippen molar-refractivity contribution in [1.29, 1.82) is 0 Å². The highest BCUT2D eigenvalue weighted by molar-refractivity contribution is 5.88. The van der Waals surface area contributed by atoms with E-state index < -0.39 is 11.9 Å². The zero-order valence-electron chi connectivity index (χ0n) is 12.2. The molecule has 1 aromatic carbocycles. The average molecular weight is 292 g/mol. The summed E-state index contributed by atoms with van der Waals surface area (Å²) in [6.07, 6.45) is 0. The lowest BCUT2D eigenvalue weighted by molar-refractivity contribution is -0.143. The quantitative estimate of drug-likeness (QED) is 0.852. The molecule has 1 aliphatic heterocycles. The summed E-state index contributed by atoms with van der Waals surface area (Å²) in [5.74, 6) is -1.40. The van der Waals surface area contributed by atoms with Gasteiger partial charge in [-0.15, -0.1) is 0 Å². The van der Waals surface area contributed by atoms with Gasteiger partial charge in [-0.1, -0.05) is 12.1 Å². The zero-order valence-corrected chi connectivity index (χ0v) is 12.2. The van der Waals surface area contributed by atoms with E-state index in [1.54, 1.807) is 0 Å². The van der Waals surface area contributed by atoms with Crippen LogP contribution in [0.15, 0.2) is 24.3 Å². The highest BCUT2D eigenvalue weighted by Crippen LogP contribution is 2.21. The van der Waals surface area contributed by atoms with E-state index in [-0.39, 0.29) is 18.6 Å². The molecule has 0 saturated carbocycles. The van der Waals surface area contributed by atoms with Crippen LogP contribution in [0.4, 0.5) is 5.69 Å². The SMILES string of the molecule is CC(=O)Nc1ccc(CN(C)C2COCC2C(=O)O)cc1. The number of aliphatic carboxylic acids is 1. The first-order valence-corrected chi connectivity index (χ1v) is 6.84. The van der Waals surface area contributed by atoms with Crippen LogP contribution in [0.25, 0.3) is 0 Å². The molecule has 1 saturated heterocycles. The third kappa shape index (κ3) is 4.03. The standard InChI is InChI=1S/C15H20N2O4/c1-10(18)16-12-5-3-11(4-6-12)7-17(2)14-9-21-8-13(14)15(19)20/h3-6,13-14H,7-9H2,1-2H3,(H,16,18)(H,19,20). The number of benzene rings is 1. The second kappa shape index (κ2) is 6.69. The molecule has 114 valence electrons. The Hall–Kier alpha value is -1.92. The number of nitrogens with one attached hydrogen (secondary N) is 1. The maximum Gasteiger partial charge on any atom is 0.310 e. The minimum absolute atomic E-state index is 0.104. The molecule has 2 rings (SSSR count). The number of hydrogen-bond acceptors (Lipinski definition) is 4. The number of carboxylic acid groups (broad SMARTS) is 1. The molecule has 6 heteroatoms. The van der Waals surface area contributed by atoms with Gasteiger partial charge >= 0.3 is 5.97 Å². The smallest absolute Gasteiger partial charge is 0.310 e. The van der Waals surface area contributed by atoms with E-state index in [1.807, 2.05) is 36.2 Å². The number of nitrogens with zero attached hydrogens (tertiary/aromatic N) is 1. The first-order chi connectivity index (χ1) is 9.97. The number of rotatable bonds is 5. The van der Waals surface area contributed by atoms with Crippen LogP contribution < -0.4 is 5.32 Å². The third-order valence-electron chi connectivity index (χ3n) is 3.64. The molecule has 0 aliphatic carbocycles. The van der Waals surface area contributed by atoms with Crippen molar-refractivity contribution in [2.45, 2.75) is 19.5 Å². The maximum atomic E-state index is 11.2. The van der Waals surface area contributed by atoms with Gasteiger partial charge in [0.2, 0.25) is 5.91 Å². The van der Waals surface area contributed by atoms with Gasteiger partial charge in [0.15, 0.2) is 0 Å². The number of carbonyl (C=O) groups is 2. The predicted octanol–water partition coefficient (Wildman–Crippen LogP) is 1.18. The fourth-order valence-corrected chi connectivity index (χ4v) is 2.52.